The van der Waals surface area contributed by atoms with Crippen LogP contribution in [0.4, 0.5) is 0 Å². The summed E-state index contributed by atoms with van der Waals surface area (Å²) in [5.74, 6) is 0.870. The van der Waals surface area contributed by atoms with Gasteiger partial charge in [0.1, 0.15) is 5.75 Å². The average molecular weight is 190 g/mol. The van der Waals surface area contributed by atoms with Gasteiger partial charge in [-0.3, -0.25) is 4.79 Å². The van der Waals surface area contributed by atoms with E-state index in [0.29, 0.717) is 5.92 Å². The summed E-state index contributed by atoms with van der Waals surface area (Å²) in [5.41, 5.74) is 0.963. The van der Waals surface area contributed by atoms with Gasteiger partial charge in [0.25, 0.3) is 0 Å². The van der Waals surface area contributed by atoms with Crippen molar-refractivity contribution in [1.29, 1.82) is 0 Å². The van der Waals surface area contributed by atoms with Crippen molar-refractivity contribution < 1.29 is 5.11 Å². The molecule has 2 rings (SSSR count). The minimum absolute atomic E-state index is 0.115. The first-order valence-electron chi connectivity index (χ1n) is 5.00. The van der Waals surface area contributed by atoms with Crippen molar-refractivity contribution in [2.24, 2.45) is 5.92 Å². The third-order valence-electron chi connectivity index (χ3n) is 2.67. The van der Waals surface area contributed by atoms with Crippen molar-refractivity contribution in [3.05, 3.63) is 27.9 Å². The molecule has 0 bridgehead atoms. The van der Waals surface area contributed by atoms with Crippen LogP contribution in [0.3, 0.4) is 0 Å². The second kappa shape index (κ2) is 3.12. The number of hydrogen-bond donors (Lipinski definition) is 1. The molecular weight excluding hydrogens is 176 g/mol. The van der Waals surface area contributed by atoms with E-state index >= 15 is 0 Å². The van der Waals surface area contributed by atoms with Crippen LogP contribution >= 0.6 is 0 Å². The number of fused-ring (bicyclic) bond motifs is 1. The molecule has 0 fully saturated rings. The second-order valence-electron chi connectivity index (χ2n) is 4.25. The molecule has 0 radical (unpaired) electrons. The Labute approximate surface area is 82.9 Å². The fourth-order valence-electron chi connectivity index (χ4n) is 1.72. The number of benzene rings is 1. The van der Waals surface area contributed by atoms with Gasteiger partial charge in [0, 0.05) is 16.3 Å². The van der Waals surface area contributed by atoms with Crippen molar-refractivity contribution in [3.63, 3.8) is 0 Å². The lowest BCUT2D eigenvalue weighted by atomic mass is 10.0. The number of aryl methyl sites for hydroxylation is 1. The predicted octanol–water partition coefficient (Wildman–Crippen LogP) is 2.37. The number of aromatic hydroxyl groups is 1. The normalized spacial score (nSPS) is 11.9. The quantitative estimate of drug-likeness (QED) is 0.806. The fourth-order valence-corrected chi connectivity index (χ4v) is 1.72. The number of rotatable bonds is 3. The van der Waals surface area contributed by atoms with Gasteiger partial charge < -0.3 is 5.11 Å². The third-order valence-corrected chi connectivity index (χ3v) is 2.67. The van der Waals surface area contributed by atoms with E-state index in [1.165, 1.54) is 0 Å². The van der Waals surface area contributed by atoms with Gasteiger partial charge in [0.15, 0.2) is 5.43 Å². The summed E-state index contributed by atoms with van der Waals surface area (Å²) in [6.45, 7) is 4.28. The Hall–Kier alpha value is -1.31. The van der Waals surface area contributed by atoms with Gasteiger partial charge in [0.05, 0.1) is 0 Å². The van der Waals surface area contributed by atoms with Gasteiger partial charge in [-0.05, 0) is 30.9 Å². The summed E-state index contributed by atoms with van der Waals surface area (Å²) in [6, 6.07) is 3.32. The summed E-state index contributed by atoms with van der Waals surface area (Å²) >= 11 is 0. The maximum atomic E-state index is 11.3. The molecule has 0 aliphatic rings. The van der Waals surface area contributed by atoms with Crippen molar-refractivity contribution in [2.45, 2.75) is 26.7 Å². The van der Waals surface area contributed by atoms with Crippen LogP contribution in [0.15, 0.2) is 16.9 Å². The average Bonchev–Trinajstić information content (AvgIpc) is 2.75. The van der Waals surface area contributed by atoms with Crippen LogP contribution in [0.2, 0.25) is 0 Å². The summed E-state index contributed by atoms with van der Waals surface area (Å²) in [6.07, 6.45) is 1.82. The Bertz CT molecular complexity index is 473. The standard InChI is InChI=1S/C12H14O2/c1-7(2)3-4-8-10(13)6-5-9-11(8)12(9)14/h5-7,13H,3-4H2,1-2H3. The highest BCUT2D eigenvalue weighted by Gasteiger charge is 2.19. The van der Waals surface area contributed by atoms with E-state index in [0.717, 1.165) is 29.2 Å². The Kier molecular flexibility index (Phi) is 2.06. The highest BCUT2D eigenvalue weighted by molar-refractivity contribution is 6.01. The lowest BCUT2D eigenvalue weighted by molar-refractivity contribution is 0.465. The number of hydrogen-bond acceptors (Lipinski definition) is 2. The summed E-state index contributed by atoms with van der Waals surface area (Å²) in [5, 5.41) is 11.2. The molecule has 0 aromatic heterocycles. The number of phenolic OH excluding ortho intramolecular Hbond substituents is 1. The van der Waals surface area contributed by atoms with E-state index in [-0.39, 0.29) is 11.2 Å². The monoisotopic (exact) mass is 190 g/mol. The molecule has 2 aromatic carbocycles. The van der Waals surface area contributed by atoms with Gasteiger partial charge >= 0.3 is 0 Å². The molecule has 0 heterocycles. The van der Waals surface area contributed by atoms with E-state index in [2.05, 4.69) is 13.8 Å². The molecule has 0 amide bonds. The fraction of sp³-hybridized carbons (Fsp3) is 0.417. The number of phenols is 1. The summed E-state index contributed by atoms with van der Waals surface area (Å²) in [7, 11) is 0. The van der Waals surface area contributed by atoms with Crippen molar-refractivity contribution in [2.75, 3.05) is 0 Å². The topological polar surface area (TPSA) is 37.3 Å². The van der Waals surface area contributed by atoms with E-state index < -0.39 is 0 Å². The van der Waals surface area contributed by atoms with Gasteiger partial charge in [-0.15, -0.1) is 0 Å². The zero-order valence-corrected chi connectivity index (χ0v) is 8.50. The van der Waals surface area contributed by atoms with Crippen LogP contribution in [0.25, 0.3) is 10.8 Å². The van der Waals surface area contributed by atoms with Crippen LogP contribution in [0.1, 0.15) is 25.8 Å². The largest absolute Gasteiger partial charge is 0.508 e. The van der Waals surface area contributed by atoms with E-state index in [1.54, 1.807) is 12.1 Å². The van der Waals surface area contributed by atoms with Crippen LogP contribution in [0.5, 0.6) is 5.75 Å². The zero-order valence-electron chi connectivity index (χ0n) is 8.50. The molecule has 2 aromatic rings. The molecule has 0 aliphatic carbocycles. The summed E-state index contributed by atoms with van der Waals surface area (Å²) < 4.78 is 0. The maximum Gasteiger partial charge on any atom is 0.194 e. The Balaban J connectivity index is 2.30. The first-order chi connectivity index (χ1) is 6.61. The van der Waals surface area contributed by atoms with E-state index in [1.807, 2.05) is 0 Å². The van der Waals surface area contributed by atoms with E-state index in [9.17, 15) is 9.90 Å². The van der Waals surface area contributed by atoms with Crippen molar-refractivity contribution in [3.8, 4) is 5.75 Å². The van der Waals surface area contributed by atoms with Crippen molar-refractivity contribution in [1.82, 2.24) is 0 Å². The van der Waals surface area contributed by atoms with Gasteiger partial charge in [-0.2, -0.15) is 0 Å². The maximum absolute atomic E-state index is 11.3. The molecule has 0 unspecified atom stereocenters. The second-order valence-corrected chi connectivity index (χ2v) is 4.25. The lowest BCUT2D eigenvalue weighted by Crippen LogP contribution is -1.92. The van der Waals surface area contributed by atoms with Crippen LogP contribution in [-0.2, 0) is 6.42 Å². The molecule has 74 valence electrons. The van der Waals surface area contributed by atoms with E-state index in [4.69, 9.17) is 0 Å². The smallest absolute Gasteiger partial charge is 0.194 e. The SMILES string of the molecule is CC(C)CCc1c(O)ccc2c(=O)c12. The molecule has 0 saturated heterocycles. The zero-order chi connectivity index (χ0) is 10.3. The Morgan fingerprint density at radius 2 is 2.07 bits per heavy atom. The van der Waals surface area contributed by atoms with Gasteiger partial charge in [-0.1, -0.05) is 13.8 Å². The predicted molar refractivity (Wildman–Crippen MR) is 57.4 cm³/mol. The molecule has 2 nitrogen and oxygen atoms in total. The summed E-state index contributed by atoms with van der Waals surface area (Å²) in [4.78, 5) is 11.3. The Morgan fingerprint density at radius 1 is 1.36 bits per heavy atom. The molecule has 1 N–H and O–H groups in total. The molecule has 0 atom stereocenters. The molecule has 0 spiro atoms. The Morgan fingerprint density at radius 3 is 2.71 bits per heavy atom. The van der Waals surface area contributed by atoms with Crippen LogP contribution in [0, 0.1) is 5.92 Å². The van der Waals surface area contributed by atoms with Gasteiger partial charge in [-0.25, -0.2) is 0 Å². The van der Waals surface area contributed by atoms with Crippen LogP contribution in [-0.4, -0.2) is 5.11 Å². The molecule has 0 saturated carbocycles. The highest BCUT2D eigenvalue weighted by atomic mass is 16.3. The minimum Gasteiger partial charge on any atom is -0.508 e. The van der Waals surface area contributed by atoms with Crippen LogP contribution < -0.4 is 5.43 Å². The minimum atomic E-state index is 0.115. The third kappa shape index (κ3) is 1.41. The molecule has 14 heavy (non-hydrogen) atoms. The first kappa shape index (κ1) is 9.25. The molecule has 0 aliphatic heterocycles. The molecular formula is C12H14O2. The van der Waals surface area contributed by atoms with Crippen molar-refractivity contribution >= 4 is 10.8 Å². The van der Waals surface area contributed by atoms with Gasteiger partial charge in [0.2, 0.25) is 0 Å². The lowest BCUT2D eigenvalue weighted by Gasteiger charge is -2.05. The highest BCUT2D eigenvalue weighted by Crippen LogP contribution is 2.30. The first-order valence-corrected chi connectivity index (χ1v) is 5.00. The molecule has 2 heteroatoms.